The molecule has 0 spiro atoms. The van der Waals surface area contributed by atoms with Crippen molar-refractivity contribution in [1.82, 2.24) is 4.90 Å². The standard InChI is InChI=1S/C10H15NO3/c1-6(2)8(12)11-5-7-3-10(11,4-7)9(13)14/h6-7H,3-5H2,1-2H3,(H,13,14). The first-order chi connectivity index (χ1) is 6.47. The van der Waals surface area contributed by atoms with Gasteiger partial charge in [0.15, 0.2) is 0 Å². The first-order valence-corrected chi connectivity index (χ1v) is 5.02. The van der Waals surface area contributed by atoms with Crippen molar-refractivity contribution in [3.8, 4) is 0 Å². The van der Waals surface area contributed by atoms with Crippen LogP contribution >= 0.6 is 0 Å². The first-order valence-electron chi connectivity index (χ1n) is 5.02. The third kappa shape index (κ3) is 0.996. The molecule has 2 saturated heterocycles. The van der Waals surface area contributed by atoms with Gasteiger partial charge in [-0.25, -0.2) is 4.79 Å². The van der Waals surface area contributed by atoms with Crippen LogP contribution in [0.25, 0.3) is 0 Å². The lowest BCUT2D eigenvalue weighted by Gasteiger charge is -2.38. The fraction of sp³-hybridized carbons (Fsp3) is 0.800. The van der Waals surface area contributed by atoms with Crippen LogP contribution in [0.4, 0.5) is 0 Å². The van der Waals surface area contributed by atoms with Gasteiger partial charge in [0.1, 0.15) is 5.54 Å². The maximum Gasteiger partial charge on any atom is 0.329 e. The molecule has 4 nitrogen and oxygen atoms in total. The van der Waals surface area contributed by atoms with E-state index in [1.807, 2.05) is 13.8 Å². The van der Waals surface area contributed by atoms with Crippen LogP contribution < -0.4 is 0 Å². The number of fused-ring (bicyclic) bond motifs is 1. The highest BCUT2D eigenvalue weighted by molar-refractivity contribution is 5.90. The normalized spacial score (nSPS) is 34.5. The molecule has 0 unspecified atom stereocenters. The number of amides is 1. The summed E-state index contributed by atoms with van der Waals surface area (Å²) in [6, 6.07) is 0. The molecule has 3 aliphatic rings. The van der Waals surface area contributed by atoms with Crippen LogP contribution in [0.2, 0.25) is 0 Å². The highest BCUT2D eigenvalue weighted by atomic mass is 16.4. The fourth-order valence-electron chi connectivity index (χ4n) is 2.58. The summed E-state index contributed by atoms with van der Waals surface area (Å²) in [7, 11) is 0. The van der Waals surface area contributed by atoms with Crippen LogP contribution in [0, 0.1) is 11.8 Å². The van der Waals surface area contributed by atoms with Crippen LogP contribution in [0.1, 0.15) is 26.7 Å². The van der Waals surface area contributed by atoms with E-state index >= 15 is 0 Å². The number of carbonyl (C=O) groups excluding carboxylic acids is 1. The molecule has 1 aliphatic carbocycles. The van der Waals surface area contributed by atoms with Crippen molar-refractivity contribution in [2.75, 3.05) is 6.54 Å². The van der Waals surface area contributed by atoms with Gasteiger partial charge >= 0.3 is 5.97 Å². The maximum absolute atomic E-state index is 11.8. The van der Waals surface area contributed by atoms with Gasteiger partial charge in [-0.2, -0.15) is 0 Å². The van der Waals surface area contributed by atoms with E-state index in [9.17, 15) is 9.59 Å². The van der Waals surface area contributed by atoms with Gasteiger partial charge in [-0.1, -0.05) is 13.8 Å². The Labute approximate surface area is 82.9 Å². The van der Waals surface area contributed by atoms with Gasteiger partial charge in [0.05, 0.1) is 0 Å². The lowest BCUT2D eigenvalue weighted by atomic mass is 9.73. The molecule has 78 valence electrons. The molecule has 3 fully saturated rings. The van der Waals surface area contributed by atoms with Crippen LogP contribution in [-0.4, -0.2) is 34.0 Å². The number of nitrogens with zero attached hydrogens (tertiary/aromatic N) is 1. The minimum atomic E-state index is -0.841. The van der Waals surface area contributed by atoms with Crippen molar-refractivity contribution in [3.05, 3.63) is 0 Å². The second kappa shape index (κ2) is 2.72. The van der Waals surface area contributed by atoms with Crippen LogP contribution in [0.5, 0.6) is 0 Å². The van der Waals surface area contributed by atoms with Crippen molar-refractivity contribution >= 4 is 11.9 Å². The highest BCUT2D eigenvalue weighted by Gasteiger charge is 2.62. The summed E-state index contributed by atoms with van der Waals surface area (Å²) in [5, 5.41) is 9.12. The molecule has 3 rings (SSSR count). The minimum Gasteiger partial charge on any atom is -0.479 e. The Balaban J connectivity index is 2.21. The molecule has 0 radical (unpaired) electrons. The average molecular weight is 197 g/mol. The Morgan fingerprint density at radius 3 is 2.43 bits per heavy atom. The van der Waals surface area contributed by atoms with Crippen molar-refractivity contribution in [2.45, 2.75) is 32.2 Å². The van der Waals surface area contributed by atoms with E-state index in [4.69, 9.17) is 5.11 Å². The minimum absolute atomic E-state index is 0.0209. The Hall–Kier alpha value is -1.06. The molecule has 1 saturated carbocycles. The Kier molecular flexibility index (Phi) is 1.84. The van der Waals surface area contributed by atoms with Gasteiger partial charge in [-0.3, -0.25) is 4.79 Å². The van der Waals surface area contributed by atoms with Crippen LogP contribution in [0.15, 0.2) is 0 Å². The SMILES string of the molecule is CC(C)C(=O)N1CC2CC1(C(=O)O)C2. The van der Waals surface area contributed by atoms with E-state index in [0.717, 1.165) is 0 Å². The number of rotatable bonds is 2. The summed E-state index contributed by atoms with van der Waals surface area (Å²) in [4.78, 5) is 24.4. The first kappa shape index (κ1) is 9.49. The van der Waals surface area contributed by atoms with Gasteiger partial charge in [0.25, 0.3) is 0 Å². The molecule has 0 aromatic heterocycles. The number of carbonyl (C=O) groups is 2. The van der Waals surface area contributed by atoms with E-state index in [0.29, 0.717) is 25.3 Å². The number of carboxylic acids is 1. The van der Waals surface area contributed by atoms with Crippen LogP contribution in [-0.2, 0) is 9.59 Å². The Morgan fingerprint density at radius 2 is 2.00 bits per heavy atom. The third-order valence-electron chi connectivity index (χ3n) is 3.37. The zero-order valence-corrected chi connectivity index (χ0v) is 8.49. The second-order valence-electron chi connectivity index (χ2n) is 4.71. The summed E-state index contributed by atoms with van der Waals surface area (Å²) in [6.45, 7) is 4.27. The molecule has 2 aliphatic heterocycles. The maximum atomic E-state index is 11.8. The van der Waals surface area contributed by atoms with Gasteiger partial charge in [-0.15, -0.1) is 0 Å². The van der Waals surface area contributed by atoms with E-state index in [1.165, 1.54) is 0 Å². The molecule has 1 N–H and O–H groups in total. The lowest BCUT2D eigenvalue weighted by molar-refractivity contribution is -0.159. The van der Waals surface area contributed by atoms with E-state index in [1.54, 1.807) is 4.90 Å². The molecule has 0 aromatic carbocycles. The highest BCUT2D eigenvalue weighted by Crippen LogP contribution is 2.51. The quantitative estimate of drug-likeness (QED) is 0.709. The van der Waals surface area contributed by atoms with Crippen LogP contribution in [0.3, 0.4) is 0 Å². The van der Waals surface area contributed by atoms with Crippen molar-refractivity contribution in [2.24, 2.45) is 11.8 Å². The van der Waals surface area contributed by atoms with Gasteiger partial charge in [0.2, 0.25) is 5.91 Å². The fourth-order valence-corrected chi connectivity index (χ4v) is 2.58. The molecule has 2 bridgehead atoms. The van der Waals surface area contributed by atoms with Gasteiger partial charge < -0.3 is 10.0 Å². The summed E-state index contributed by atoms with van der Waals surface area (Å²) in [5.41, 5.74) is -0.841. The molecule has 1 amide bonds. The van der Waals surface area contributed by atoms with E-state index in [-0.39, 0.29) is 11.8 Å². The van der Waals surface area contributed by atoms with Gasteiger partial charge in [0, 0.05) is 12.5 Å². The molecule has 2 heterocycles. The molecule has 0 aromatic rings. The average Bonchev–Trinajstić information content (AvgIpc) is 2.54. The summed E-state index contributed by atoms with van der Waals surface area (Å²) >= 11 is 0. The van der Waals surface area contributed by atoms with Crippen molar-refractivity contribution in [1.29, 1.82) is 0 Å². The van der Waals surface area contributed by atoms with Crippen molar-refractivity contribution < 1.29 is 14.7 Å². The molecular formula is C10H15NO3. The van der Waals surface area contributed by atoms with Gasteiger partial charge in [-0.05, 0) is 18.8 Å². The number of hydrogen-bond donors (Lipinski definition) is 1. The molecule has 0 atom stereocenters. The zero-order valence-electron chi connectivity index (χ0n) is 8.49. The molecular weight excluding hydrogens is 182 g/mol. The predicted molar refractivity (Wildman–Crippen MR) is 49.6 cm³/mol. The molecule has 4 heteroatoms. The second-order valence-corrected chi connectivity index (χ2v) is 4.71. The third-order valence-corrected chi connectivity index (χ3v) is 3.37. The Bertz CT molecular complexity index is 292. The number of aliphatic carboxylic acids is 1. The largest absolute Gasteiger partial charge is 0.479 e. The Morgan fingerprint density at radius 1 is 1.43 bits per heavy atom. The van der Waals surface area contributed by atoms with Crippen molar-refractivity contribution in [3.63, 3.8) is 0 Å². The smallest absolute Gasteiger partial charge is 0.329 e. The van der Waals surface area contributed by atoms with E-state index in [2.05, 4.69) is 0 Å². The van der Waals surface area contributed by atoms with E-state index < -0.39 is 11.5 Å². The molecule has 14 heavy (non-hydrogen) atoms. The number of hydrogen-bond acceptors (Lipinski definition) is 2. The summed E-state index contributed by atoms with van der Waals surface area (Å²) in [5.74, 6) is -0.535. The number of carboxylic acid groups (broad SMARTS) is 1. The monoisotopic (exact) mass is 197 g/mol. The topological polar surface area (TPSA) is 57.6 Å². The summed E-state index contributed by atoms with van der Waals surface area (Å²) in [6.07, 6.45) is 1.31. The predicted octanol–water partition coefficient (Wildman–Crippen LogP) is 0.718. The lowest BCUT2D eigenvalue weighted by Crippen LogP contribution is -2.55. The summed E-state index contributed by atoms with van der Waals surface area (Å²) < 4.78 is 0. The zero-order chi connectivity index (χ0) is 10.5.